The Labute approximate surface area is 188 Å². The monoisotopic (exact) mass is 434 g/mol. The molecule has 1 heterocycles. The van der Waals surface area contributed by atoms with Gasteiger partial charge in [-0.25, -0.2) is 0 Å². The van der Waals surface area contributed by atoms with Crippen LogP contribution >= 0.6 is 0 Å². The Hall–Kier alpha value is -3.09. The summed E-state index contributed by atoms with van der Waals surface area (Å²) in [4.78, 5) is 11.7. The van der Waals surface area contributed by atoms with E-state index in [-0.39, 0.29) is 0 Å². The van der Waals surface area contributed by atoms with Crippen LogP contribution in [0.15, 0.2) is 48.5 Å². The number of aliphatic hydroxyl groups excluding tert-OH is 1. The average molecular weight is 435 g/mol. The zero-order chi connectivity index (χ0) is 22.3. The minimum Gasteiger partial charge on any atom is -0.493 e. The summed E-state index contributed by atoms with van der Waals surface area (Å²) in [7, 11) is 1.62. The van der Waals surface area contributed by atoms with Gasteiger partial charge in [0.05, 0.1) is 18.7 Å². The number of benzene rings is 2. The maximum absolute atomic E-state index is 11.7. The molecular formula is C26H30N2O4. The van der Waals surface area contributed by atoms with E-state index < -0.39 is 6.10 Å². The first kappa shape index (κ1) is 22.1. The fourth-order valence-corrected chi connectivity index (χ4v) is 4.37. The number of nitrogens with zero attached hydrogens (tertiary/aromatic N) is 1. The number of hydrogen-bond donors (Lipinski definition) is 2. The normalized spacial score (nSPS) is 13.7. The van der Waals surface area contributed by atoms with E-state index in [1.54, 1.807) is 11.7 Å². The standard InChI is InChI=1S/C26H30N2O4/c1-31-24-11-4-5-12-25(24)32-16-15-27-17-20(30)14-13-19-7-6-10-23-26(19)21-8-2-3-9-22(21)28(23)18-29/h2,4-8,10-12,18,20,27,30H,3,9,13-17H2,1H3. The number of allylic oxidation sites excluding steroid dienone is 1. The van der Waals surface area contributed by atoms with E-state index in [2.05, 4.69) is 23.5 Å². The summed E-state index contributed by atoms with van der Waals surface area (Å²) in [6, 6.07) is 13.6. The van der Waals surface area contributed by atoms with Crippen LogP contribution in [0.1, 0.15) is 29.7 Å². The van der Waals surface area contributed by atoms with Crippen molar-refractivity contribution >= 4 is 23.4 Å². The molecule has 1 atom stereocenters. The van der Waals surface area contributed by atoms with Crippen molar-refractivity contribution in [3.63, 3.8) is 0 Å². The number of aliphatic hydroxyl groups is 1. The van der Waals surface area contributed by atoms with E-state index in [1.807, 2.05) is 36.4 Å². The number of hydrogen-bond acceptors (Lipinski definition) is 5. The van der Waals surface area contributed by atoms with Crippen LogP contribution in [0.3, 0.4) is 0 Å². The molecule has 1 aliphatic carbocycles. The molecule has 0 fully saturated rings. The van der Waals surface area contributed by atoms with E-state index in [4.69, 9.17) is 9.47 Å². The molecule has 2 aromatic carbocycles. The highest BCUT2D eigenvalue weighted by atomic mass is 16.5. The number of nitrogens with one attached hydrogen (secondary N) is 1. The molecule has 0 bridgehead atoms. The van der Waals surface area contributed by atoms with Gasteiger partial charge in [0.25, 0.3) is 0 Å². The van der Waals surface area contributed by atoms with Gasteiger partial charge in [-0.15, -0.1) is 0 Å². The molecule has 1 aliphatic rings. The van der Waals surface area contributed by atoms with Crippen molar-refractivity contribution in [2.24, 2.45) is 0 Å². The van der Waals surface area contributed by atoms with Gasteiger partial charge in [0, 0.05) is 29.7 Å². The summed E-state index contributed by atoms with van der Waals surface area (Å²) in [6.45, 7) is 1.62. The molecule has 0 amide bonds. The highest BCUT2D eigenvalue weighted by molar-refractivity contribution is 5.97. The number of rotatable bonds is 11. The molecule has 0 aliphatic heterocycles. The van der Waals surface area contributed by atoms with E-state index in [9.17, 15) is 9.90 Å². The van der Waals surface area contributed by atoms with Crippen molar-refractivity contribution in [3.05, 3.63) is 65.4 Å². The SMILES string of the molecule is COc1ccccc1OCCNCC(O)CCc1cccc2c1c1c(n2C=O)CCC=C1. The topological polar surface area (TPSA) is 72.7 Å². The molecular weight excluding hydrogens is 404 g/mol. The van der Waals surface area contributed by atoms with Crippen LogP contribution in [0.4, 0.5) is 0 Å². The Morgan fingerprint density at radius 1 is 1.19 bits per heavy atom. The van der Waals surface area contributed by atoms with Gasteiger partial charge in [0.1, 0.15) is 6.61 Å². The number of para-hydroxylation sites is 2. The Morgan fingerprint density at radius 2 is 2.03 bits per heavy atom. The van der Waals surface area contributed by atoms with Crippen LogP contribution in [-0.4, -0.2) is 49.0 Å². The number of ether oxygens (including phenoxy) is 2. The molecule has 2 N–H and O–H groups in total. The van der Waals surface area contributed by atoms with Gasteiger partial charge in [-0.3, -0.25) is 9.36 Å². The maximum atomic E-state index is 11.7. The third-order valence-electron chi connectivity index (χ3n) is 5.93. The zero-order valence-corrected chi connectivity index (χ0v) is 18.4. The van der Waals surface area contributed by atoms with Crippen LogP contribution < -0.4 is 14.8 Å². The minimum atomic E-state index is -0.462. The van der Waals surface area contributed by atoms with E-state index in [0.717, 1.165) is 47.8 Å². The third kappa shape index (κ3) is 4.71. The summed E-state index contributed by atoms with van der Waals surface area (Å²) in [5.74, 6) is 1.42. The van der Waals surface area contributed by atoms with Crippen LogP contribution in [-0.2, 0) is 17.6 Å². The molecule has 6 nitrogen and oxygen atoms in total. The lowest BCUT2D eigenvalue weighted by Gasteiger charge is -2.14. The molecule has 168 valence electrons. The Bertz CT molecular complexity index is 1100. The van der Waals surface area contributed by atoms with Crippen molar-refractivity contribution in [1.29, 1.82) is 0 Å². The molecule has 0 saturated carbocycles. The number of methoxy groups -OCH3 is 1. The second-order valence-corrected chi connectivity index (χ2v) is 7.98. The largest absolute Gasteiger partial charge is 0.493 e. The van der Waals surface area contributed by atoms with E-state index in [1.165, 1.54) is 5.56 Å². The first-order chi connectivity index (χ1) is 15.7. The molecule has 0 radical (unpaired) electrons. The lowest BCUT2D eigenvalue weighted by Crippen LogP contribution is -2.30. The molecule has 0 spiro atoms. The van der Waals surface area contributed by atoms with Gasteiger partial charge in [0.15, 0.2) is 11.5 Å². The molecule has 4 rings (SSSR count). The average Bonchev–Trinajstić information content (AvgIpc) is 3.17. The van der Waals surface area contributed by atoms with Gasteiger partial charge >= 0.3 is 0 Å². The molecule has 6 heteroatoms. The second kappa shape index (κ2) is 10.5. The summed E-state index contributed by atoms with van der Waals surface area (Å²) in [6.07, 6.45) is 7.97. The zero-order valence-electron chi connectivity index (χ0n) is 18.4. The van der Waals surface area contributed by atoms with Gasteiger partial charge < -0.3 is 19.9 Å². The van der Waals surface area contributed by atoms with Gasteiger partial charge in [-0.05, 0) is 49.4 Å². The van der Waals surface area contributed by atoms with Crippen LogP contribution in [0, 0.1) is 0 Å². The number of aromatic nitrogens is 1. The van der Waals surface area contributed by atoms with Gasteiger partial charge in [0.2, 0.25) is 6.41 Å². The number of carbonyl (C=O) groups excluding carboxylic acids is 1. The Kier molecular flexibility index (Phi) is 7.24. The number of carbonyl (C=O) groups is 1. The van der Waals surface area contributed by atoms with Crippen molar-refractivity contribution < 1.29 is 19.4 Å². The van der Waals surface area contributed by atoms with E-state index >= 15 is 0 Å². The highest BCUT2D eigenvalue weighted by Gasteiger charge is 2.19. The summed E-state index contributed by atoms with van der Waals surface area (Å²) < 4.78 is 12.8. The number of aryl methyl sites for hydroxylation is 1. The van der Waals surface area contributed by atoms with E-state index in [0.29, 0.717) is 37.6 Å². The van der Waals surface area contributed by atoms with Crippen molar-refractivity contribution in [2.45, 2.75) is 31.8 Å². The lowest BCUT2D eigenvalue weighted by atomic mass is 9.96. The van der Waals surface area contributed by atoms with Crippen LogP contribution in [0.2, 0.25) is 0 Å². The molecule has 0 saturated heterocycles. The fourth-order valence-electron chi connectivity index (χ4n) is 4.37. The summed E-state index contributed by atoms with van der Waals surface area (Å²) in [5, 5.41) is 14.9. The molecule has 1 aromatic heterocycles. The van der Waals surface area contributed by atoms with Gasteiger partial charge in [-0.1, -0.05) is 36.4 Å². The molecule has 3 aromatic rings. The smallest absolute Gasteiger partial charge is 0.218 e. The van der Waals surface area contributed by atoms with Crippen molar-refractivity contribution in [2.75, 3.05) is 26.8 Å². The van der Waals surface area contributed by atoms with Crippen molar-refractivity contribution in [1.82, 2.24) is 9.88 Å². The predicted octanol–water partition coefficient (Wildman–Crippen LogP) is 3.61. The van der Waals surface area contributed by atoms with Gasteiger partial charge in [-0.2, -0.15) is 0 Å². The second-order valence-electron chi connectivity index (χ2n) is 7.98. The Morgan fingerprint density at radius 3 is 2.84 bits per heavy atom. The third-order valence-corrected chi connectivity index (χ3v) is 5.93. The van der Waals surface area contributed by atoms with Crippen LogP contribution in [0.25, 0.3) is 17.0 Å². The predicted molar refractivity (Wildman–Crippen MR) is 127 cm³/mol. The first-order valence-corrected chi connectivity index (χ1v) is 11.1. The lowest BCUT2D eigenvalue weighted by molar-refractivity contribution is 0.159. The maximum Gasteiger partial charge on any atom is 0.218 e. The summed E-state index contributed by atoms with van der Waals surface area (Å²) >= 11 is 0. The minimum absolute atomic E-state index is 0.462. The quantitative estimate of drug-likeness (QED) is 0.356. The molecule has 1 unspecified atom stereocenters. The molecule has 32 heavy (non-hydrogen) atoms. The van der Waals surface area contributed by atoms with Crippen molar-refractivity contribution in [3.8, 4) is 11.5 Å². The highest BCUT2D eigenvalue weighted by Crippen LogP contribution is 2.33. The first-order valence-electron chi connectivity index (χ1n) is 11.1. The number of fused-ring (bicyclic) bond motifs is 3. The fraction of sp³-hybridized carbons (Fsp3) is 0.346. The Balaban J connectivity index is 1.30. The summed E-state index contributed by atoms with van der Waals surface area (Å²) in [5.41, 5.74) is 4.36. The van der Waals surface area contributed by atoms with Crippen LogP contribution in [0.5, 0.6) is 11.5 Å².